The minimum absolute atomic E-state index is 0.120. The number of thioether (sulfide) groups is 1. The third-order valence-electron chi connectivity index (χ3n) is 5.80. The van der Waals surface area contributed by atoms with Crippen LogP contribution in [0.15, 0.2) is 78.0 Å². The zero-order chi connectivity index (χ0) is 23.7. The number of carbonyl (C=O) groups excluding carboxylic acids is 1. The molecule has 2 N–H and O–H groups in total. The smallest absolute Gasteiger partial charge is 0.236 e. The Morgan fingerprint density at radius 2 is 1.68 bits per heavy atom. The van der Waals surface area contributed by atoms with Crippen LogP contribution in [0.5, 0.6) is 0 Å². The molecule has 0 spiro atoms. The van der Waals surface area contributed by atoms with E-state index in [1.807, 2.05) is 60.7 Å². The Kier molecular flexibility index (Phi) is 5.94. The Labute approximate surface area is 202 Å². The van der Waals surface area contributed by atoms with E-state index in [4.69, 9.17) is 5.10 Å². The summed E-state index contributed by atoms with van der Waals surface area (Å²) >= 11 is 1.38. The third-order valence-corrected chi connectivity index (χ3v) is 6.68. The van der Waals surface area contributed by atoms with E-state index in [1.54, 1.807) is 4.68 Å². The Hall–Kier alpha value is -3.84. The molecule has 0 atom stereocenters. The number of benzene rings is 3. The number of hydrogen-bond donors (Lipinski definition) is 2. The molecule has 34 heavy (non-hydrogen) atoms. The van der Waals surface area contributed by atoms with Crippen LogP contribution in [0.2, 0.25) is 0 Å². The van der Waals surface area contributed by atoms with Crippen LogP contribution < -0.4 is 5.32 Å². The quantitative estimate of drug-likeness (QED) is 0.297. The number of hydrogen-bond acceptors (Lipinski definition) is 4. The molecule has 6 nitrogen and oxygen atoms in total. The van der Waals surface area contributed by atoms with E-state index in [0.717, 1.165) is 38.7 Å². The number of aromatic amines is 1. The Morgan fingerprint density at radius 3 is 2.47 bits per heavy atom. The van der Waals surface area contributed by atoms with Crippen molar-refractivity contribution in [3.8, 4) is 16.9 Å². The van der Waals surface area contributed by atoms with E-state index in [2.05, 4.69) is 48.2 Å². The minimum Gasteiger partial charge on any atom is -0.333 e. The molecule has 0 aliphatic heterocycles. The normalized spacial score (nSPS) is 11.1. The summed E-state index contributed by atoms with van der Waals surface area (Å²) in [5.41, 5.74) is 8.23. The Morgan fingerprint density at radius 1 is 0.941 bits per heavy atom. The molecule has 2 aromatic heterocycles. The van der Waals surface area contributed by atoms with Gasteiger partial charge in [-0.2, -0.15) is 5.10 Å². The van der Waals surface area contributed by atoms with E-state index in [1.165, 1.54) is 22.9 Å². The molecule has 0 aliphatic rings. The summed E-state index contributed by atoms with van der Waals surface area (Å²) in [5.74, 6) is 0.748. The molecule has 7 heteroatoms. The topological polar surface area (TPSA) is 75.6 Å². The monoisotopic (exact) mass is 467 g/mol. The zero-order valence-corrected chi connectivity index (χ0v) is 20.1. The first-order valence-corrected chi connectivity index (χ1v) is 12.1. The molecule has 0 fully saturated rings. The van der Waals surface area contributed by atoms with E-state index < -0.39 is 0 Å². The number of aromatic nitrogens is 4. The lowest BCUT2D eigenvalue weighted by Gasteiger charge is -2.08. The van der Waals surface area contributed by atoms with Crippen LogP contribution in [0, 0.1) is 20.8 Å². The van der Waals surface area contributed by atoms with Gasteiger partial charge in [0.2, 0.25) is 5.91 Å². The molecule has 0 bridgehead atoms. The number of carbonyl (C=O) groups is 1. The van der Waals surface area contributed by atoms with Crippen LogP contribution in [-0.2, 0) is 4.79 Å². The highest BCUT2D eigenvalue weighted by molar-refractivity contribution is 7.99. The summed E-state index contributed by atoms with van der Waals surface area (Å²) in [5, 5.41) is 8.63. The van der Waals surface area contributed by atoms with Gasteiger partial charge in [-0.25, -0.2) is 9.67 Å². The van der Waals surface area contributed by atoms with Crippen molar-refractivity contribution in [2.45, 2.75) is 25.9 Å². The van der Waals surface area contributed by atoms with Gasteiger partial charge >= 0.3 is 0 Å². The molecule has 2 heterocycles. The number of amides is 1. The van der Waals surface area contributed by atoms with Crippen LogP contribution in [0.25, 0.3) is 28.0 Å². The highest BCUT2D eigenvalue weighted by Crippen LogP contribution is 2.29. The number of nitrogens with one attached hydrogen (secondary N) is 2. The predicted octanol–water partition coefficient (Wildman–Crippen LogP) is 6.07. The summed E-state index contributed by atoms with van der Waals surface area (Å²) in [7, 11) is 0. The van der Waals surface area contributed by atoms with Gasteiger partial charge < -0.3 is 10.3 Å². The second-order valence-electron chi connectivity index (χ2n) is 8.31. The van der Waals surface area contributed by atoms with Crippen molar-refractivity contribution in [1.29, 1.82) is 0 Å². The molecule has 5 aromatic rings. The lowest BCUT2D eigenvalue weighted by Crippen LogP contribution is -2.17. The van der Waals surface area contributed by atoms with Gasteiger partial charge in [-0.3, -0.25) is 4.79 Å². The van der Waals surface area contributed by atoms with Crippen LogP contribution in [0.3, 0.4) is 0 Å². The summed E-state index contributed by atoms with van der Waals surface area (Å²) in [6.07, 6.45) is 0. The van der Waals surface area contributed by atoms with Gasteiger partial charge in [0.25, 0.3) is 0 Å². The van der Waals surface area contributed by atoms with E-state index in [0.29, 0.717) is 5.82 Å². The number of para-hydroxylation sites is 3. The van der Waals surface area contributed by atoms with Crippen molar-refractivity contribution >= 4 is 34.5 Å². The van der Waals surface area contributed by atoms with E-state index in [-0.39, 0.29) is 11.7 Å². The second-order valence-corrected chi connectivity index (χ2v) is 9.27. The maximum Gasteiger partial charge on any atom is 0.236 e. The fraction of sp³-hybridized carbons (Fsp3) is 0.148. The fourth-order valence-corrected chi connectivity index (χ4v) is 4.60. The average Bonchev–Trinajstić information content (AvgIpc) is 3.44. The highest BCUT2D eigenvalue weighted by Gasteiger charge is 2.16. The molecule has 3 aromatic carbocycles. The first-order chi connectivity index (χ1) is 16.5. The molecule has 0 saturated carbocycles. The summed E-state index contributed by atoms with van der Waals surface area (Å²) in [6, 6.07) is 23.9. The summed E-state index contributed by atoms with van der Waals surface area (Å²) in [4.78, 5) is 20.7. The van der Waals surface area contributed by atoms with Crippen molar-refractivity contribution in [2.24, 2.45) is 0 Å². The van der Waals surface area contributed by atoms with Crippen LogP contribution in [-0.4, -0.2) is 31.4 Å². The van der Waals surface area contributed by atoms with Crippen molar-refractivity contribution in [2.75, 3.05) is 11.1 Å². The highest BCUT2D eigenvalue weighted by atomic mass is 32.2. The molecule has 1 amide bonds. The Balaban J connectivity index is 1.41. The van der Waals surface area contributed by atoms with Crippen LogP contribution >= 0.6 is 11.8 Å². The van der Waals surface area contributed by atoms with Crippen LogP contribution in [0.1, 0.15) is 16.7 Å². The van der Waals surface area contributed by atoms with Crippen molar-refractivity contribution in [3.63, 3.8) is 0 Å². The molecule has 5 rings (SSSR count). The fourth-order valence-electron chi connectivity index (χ4n) is 3.91. The minimum atomic E-state index is -0.120. The van der Waals surface area contributed by atoms with Gasteiger partial charge in [-0.15, -0.1) is 0 Å². The number of aryl methyl sites for hydroxylation is 3. The van der Waals surface area contributed by atoms with Crippen molar-refractivity contribution in [3.05, 3.63) is 89.5 Å². The van der Waals surface area contributed by atoms with Gasteiger partial charge in [0, 0.05) is 11.6 Å². The molecule has 170 valence electrons. The standard InChI is InChI=1S/C27H25N5OS/c1-17-13-19(3)21(14-18(17)2)24-15-25(32(31-24)20-9-5-4-6-10-20)30-26(33)16-34-27-28-22-11-7-8-12-23(22)29-27/h4-15H,16H2,1-3H3,(H,28,29)(H,30,33). The second kappa shape index (κ2) is 9.19. The number of fused-ring (bicyclic) bond motifs is 1. The summed E-state index contributed by atoms with van der Waals surface area (Å²) < 4.78 is 1.79. The molecule has 0 aliphatic carbocycles. The maximum atomic E-state index is 12.9. The van der Waals surface area contributed by atoms with Gasteiger partial charge in [0.1, 0.15) is 5.82 Å². The lowest BCUT2D eigenvalue weighted by molar-refractivity contribution is -0.113. The largest absolute Gasteiger partial charge is 0.333 e. The van der Waals surface area contributed by atoms with Gasteiger partial charge in [-0.1, -0.05) is 48.2 Å². The van der Waals surface area contributed by atoms with E-state index >= 15 is 0 Å². The average molecular weight is 468 g/mol. The van der Waals surface area contributed by atoms with Gasteiger partial charge in [-0.05, 0) is 67.8 Å². The molecule has 0 saturated heterocycles. The predicted molar refractivity (Wildman–Crippen MR) is 139 cm³/mol. The first kappa shape index (κ1) is 22.0. The van der Waals surface area contributed by atoms with Gasteiger partial charge in [0.05, 0.1) is 28.2 Å². The Bertz CT molecular complexity index is 1450. The molecule has 0 radical (unpaired) electrons. The van der Waals surface area contributed by atoms with Crippen molar-refractivity contribution in [1.82, 2.24) is 19.7 Å². The SMILES string of the molecule is Cc1cc(C)c(-c2cc(NC(=O)CSc3nc4ccccc4[nH]3)n(-c3ccccc3)n2)cc1C. The van der Waals surface area contributed by atoms with Crippen molar-refractivity contribution < 1.29 is 4.79 Å². The molecular weight excluding hydrogens is 442 g/mol. The summed E-state index contributed by atoms with van der Waals surface area (Å²) in [6.45, 7) is 6.30. The number of nitrogens with zero attached hydrogens (tertiary/aromatic N) is 3. The number of rotatable bonds is 6. The first-order valence-electron chi connectivity index (χ1n) is 11.1. The van der Waals surface area contributed by atoms with Crippen LogP contribution in [0.4, 0.5) is 5.82 Å². The number of H-pyrrole nitrogens is 1. The maximum absolute atomic E-state index is 12.9. The number of imidazole rings is 1. The number of anilines is 1. The van der Waals surface area contributed by atoms with E-state index in [9.17, 15) is 4.79 Å². The third kappa shape index (κ3) is 4.47. The lowest BCUT2D eigenvalue weighted by atomic mass is 9.99. The molecular formula is C27H25N5OS. The zero-order valence-electron chi connectivity index (χ0n) is 19.3. The van der Waals surface area contributed by atoms with Gasteiger partial charge in [0.15, 0.2) is 5.16 Å². The molecule has 0 unspecified atom stereocenters.